The molecule has 1 aromatic rings. The van der Waals surface area contributed by atoms with Crippen molar-refractivity contribution in [2.75, 3.05) is 6.61 Å². The van der Waals surface area contributed by atoms with Crippen molar-refractivity contribution in [1.82, 2.24) is 0 Å². The van der Waals surface area contributed by atoms with E-state index in [0.717, 1.165) is 37.7 Å². The zero-order valence-corrected chi connectivity index (χ0v) is 17.6. The van der Waals surface area contributed by atoms with Gasteiger partial charge in [0.1, 0.15) is 5.75 Å². The van der Waals surface area contributed by atoms with Crippen molar-refractivity contribution in [3.8, 4) is 5.75 Å². The highest BCUT2D eigenvalue weighted by molar-refractivity contribution is 5.42. The molecule has 0 aromatic heterocycles. The summed E-state index contributed by atoms with van der Waals surface area (Å²) in [6.07, 6.45) is 10.1. The van der Waals surface area contributed by atoms with Gasteiger partial charge in [-0.1, -0.05) is 58.6 Å². The topological polar surface area (TPSA) is 60.7 Å². The largest absolute Gasteiger partial charge is 0.508 e. The van der Waals surface area contributed by atoms with E-state index in [1.807, 2.05) is 6.07 Å². The van der Waals surface area contributed by atoms with E-state index in [0.29, 0.717) is 18.1 Å². The summed E-state index contributed by atoms with van der Waals surface area (Å²) in [5.74, 6) is 0.989. The van der Waals surface area contributed by atoms with Crippen LogP contribution in [0.15, 0.2) is 18.2 Å². The van der Waals surface area contributed by atoms with Crippen LogP contribution in [0.2, 0.25) is 0 Å². The number of benzene rings is 1. The average molecular weight is 377 g/mol. The molecule has 1 fully saturated rings. The van der Waals surface area contributed by atoms with Crippen molar-refractivity contribution in [3.05, 3.63) is 29.3 Å². The lowest BCUT2D eigenvalue weighted by atomic mass is 9.71. The van der Waals surface area contributed by atoms with Gasteiger partial charge in [0.15, 0.2) is 0 Å². The minimum atomic E-state index is -0.283. The lowest BCUT2D eigenvalue weighted by molar-refractivity contribution is 0.0879. The number of hydrogen-bond donors (Lipinski definition) is 3. The molecule has 0 spiro atoms. The van der Waals surface area contributed by atoms with E-state index < -0.39 is 0 Å². The highest BCUT2D eigenvalue weighted by atomic mass is 16.3. The van der Waals surface area contributed by atoms with Gasteiger partial charge in [-0.2, -0.15) is 0 Å². The molecule has 3 N–H and O–H groups in total. The Kier molecular flexibility index (Phi) is 8.62. The van der Waals surface area contributed by atoms with Gasteiger partial charge in [0.2, 0.25) is 0 Å². The Labute approximate surface area is 165 Å². The Morgan fingerprint density at radius 2 is 1.85 bits per heavy atom. The molecule has 3 heteroatoms. The first kappa shape index (κ1) is 22.2. The third-order valence-electron chi connectivity index (χ3n) is 6.57. The molecule has 1 aliphatic rings. The van der Waals surface area contributed by atoms with E-state index in [9.17, 15) is 15.3 Å². The molecule has 0 bridgehead atoms. The van der Waals surface area contributed by atoms with Crippen LogP contribution in [0.4, 0.5) is 0 Å². The average Bonchev–Trinajstić information content (AvgIpc) is 2.64. The van der Waals surface area contributed by atoms with Gasteiger partial charge in [0.05, 0.1) is 6.10 Å². The Hall–Kier alpha value is -1.06. The molecule has 2 rings (SSSR count). The van der Waals surface area contributed by atoms with Crippen LogP contribution >= 0.6 is 0 Å². The molecule has 0 aliphatic heterocycles. The quantitative estimate of drug-likeness (QED) is 0.462. The second-order valence-corrected chi connectivity index (χ2v) is 9.17. The lowest BCUT2D eigenvalue weighted by Crippen LogP contribution is -2.27. The number of aliphatic hydroxyl groups excluding tert-OH is 2. The van der Waals surface area contributed by atoms with Crippen molar-refractivity contribution in [2.24, 2.45) is 5.92 Å². The third kappa shape index (κ3) is 6.22. The maximum Gasteiger partial charge on any atom is 0.119 e. The van der Waals surface area contributed by atoms with Gasteiger partial charge in [-0.25, -0.2) is 0 Å². The number of hydrogen-bond acceptors (Lipinski definition) is 3. The number of aromatic hydroxyl groups is 1. The number of rotatable bonds is 10. The standard InChI is InChI=1S/C24H40O3/c1-4-5-6-7-14-24(2,3)19-11-13-21(23(27)16-19)22-17-20(26)12-10-18(22)9-8-15-25/h11,13,16,18,20,22,25-27H,4-10,12,14-15,17H2,1-3H3/t18-,20+,22-/m0/s1. The minimum absolute atomic E-state index is 0.0616. The van der Waals surface area contributed by atoms with Gasteiger partial charge in [0, 0.05) is 6.61 Å². The smallest absolute Gasteiger partial charge is 0.119 e. The van der Waals surface area contributed by atoms with E-state index in [2.05, 4.69) is 32.9 Å². The Balaban J connectivity index is 2.13. The van der Waals surface area contributed by atoms with Crippen molar-refractivity contribution in [1.29, 1.82) is 0 Å². The van der Waals surface area contributed by atoms with Crippen molar-refractivity contribution in [3.63, 3.8) is 0 Å². The number of unbranched alkanes of at least 4 members (excludes halogenated alkanes) is 3. The third-order valence-corrected chi connectivity index (χ3v) is 6.57. The van der Waals surface area contributed by atoms with Crippen molar-refractivity contribution >= 4 is 0 Å². The van der Waals surface area contributed by atoms with Crippen LogP contribution in [0.1, 0.15) is 102 Å². The summed E-state index contributed by atoms with van der Waals surface area (Å²) in [5, 5.41) is 30.2. The summed E-state index contributed by atoms with van der Waals surface area (Å²) in [6.45, 7) is 6.98. The summed E-state index contributed by atoms with van der Waals surface area (Å²) in [4.78, 5) is 0. The molecular weight excluding hydrogens is 336 g/mol. The lowest BCUT2D eigenvalue weighted by Gasteiger charge is -2.35. The second-order valence-electron chi connectivity index (χ2n) is 9.17. The van der Waals surface area contributed by atoms with E-state index in [4.69, 9.17) is 0 Å². The monoisotopic (exact) mass is 376 g/mol. The molecule has 3 atom stereocenters. The summed E-state index contributed by atoms with van der Waals surface area (Å²) < 4.78 is 0. The van der Waals surface area contributed by atoms with E-state index >= 15 is 0 Å². The number of phenolic OH excluding ortho intramolecular Hbond substituents is 1. The molecule has 0 heterocycles. The maximum atomic E-state index is 10.8. The zero-order chi connectivity index (χ0) is 19.9. The van der Waals surface area contributed by atoms with Gasteiger partial charge in [-0.05, 0) is 73.0 Å². The summed E-state index contributed by atoms with van der Waals surface area (Å²) in [7, 11) is 0. The SMILES string of the molecule is CCCCCCC(C)(C)c1ccc([C@H]2C[C@H](O)CC[C@@H]2CCCO)c(O)c1. The molecule has 27 heavy (non-hydrogen) atoms. The summed E-state index contributed by atoms with van der Waals surface area (Å²) in [5.41, 5.74) is 2.23. The van der Waals surface area contributed by atoms with Gasteiger partial charge in [0.25, 0.3) is 0 Å². The first-order valence-corrected chi connectivity index (χ1v) is 11.0. The van der Waals surface area contributed by atoms with Crippen LogP contribution in [-0.2, 0) is 5.41 Å². The number of phenols is 1. The number of aliphatic hydroxyl groups is 2. The maximum absolute atomic E-state index is 10.8. The van der Waals surface area contributed by atoms with Crippen LogP contribution < -0.4 is 0 Å². The zero-order valence-electron chi connectivity index (χ0n) is 17.6. The van der Waals surface area contributed by atoms with Gasteiger partial charge in [-0.15, -0.1) is 0 Å². The first-order chi connectivity index (χ1) is 12.9. The summed E-state index contributed by atoms with van der Waals surface area (Å²) >= 11 is 0. The highest BCUT2D eigenvalue weighted by Crippen LogP contribution is 2.44. The molecule has 1 aliphatic carbocycles. The van der Waals surface area contributed by atoms with E-state index in [1.165, 1.54) is 31.2 Å². The van der Waals surface area contributed by atoms with Crippen LogP contribution in [0.25, 0.3) is 0 Å². The molecule has 1 aromatic carbocycles. The Morgan fingerprint density at radius 3 is 2.52 bits per heavy atom. The molecule has 0 unspecified atom stereocenters. The molecule has 0 radical (unpaired) electrons. The normalized spacial score (nSPS) is 23.5. The van der Waals surface area contributed by atoms with Crippen molar-refractivity contribution in [2.45, 2.75) is 102 Å². The van der Waals surface area contributed by atoms with Crippen LogP contribution in [0.5, 0.6) is 5.75 Å². The molecule has 0 saturated heterocycles. The van der Waals surface area contributed by atoms with Crippen LogP contribution in [0, 0.1) is 5.92 Å². The molecule has 1 saturated carbocycles. The van der Waals surface area contributed by atoms with Crippen LogP contribution in [0.3, 0.4) is 0 Å². The minimum Gasteiger partial charge on any atom is -0.508 e. The van der Waals surface area contributed by atoms with E-state index in [-0.39, 0.29) is 24.0 Å². The molecule has 0 amide bonds. The Bertz CT molecular complexity index is 565. The van der Waals surface area contributed by atoms with Crippen LogP contribution in [-0.4, -0.2) is 28.0 Å². The second kappa shape index (κ2) is 10.5. The molecule has 3 nitrogen and oxygen atoms in total. The Morgan fingerprint density at radius 1 is 1.07 bits per heavy atom. The van der Waals surface area contributed by atoms with Crippen molar-refractivity contribution < 1.29 is 15.3 Å². The van der Waals surface area contributed by atoms with Gasteiger partial charge in [-0.3, -0.25) is 0 Å². The highest BCUT2D eigenvalue weighted by Gasteiger charge is 2.32. The fourth-order valence-corrected chi connectivity index (χ4v) is 4.71. The fourth-order valence-electron chi connectivity index (χ4n) is 4.71. The predicted octanol–water partition coefficient (Wildman–Crippen LogP) is 5.66. The molecular formula is C24H40O3. The van der Waals surface area contributed by atoms with E-state index in [1.54, 1.807) is 0 Å². The summed E-state index contributed by atoms with van der Waals surface area (Å²) in [6, 6.07) is 6.23. The predicted molar refractivity (Wildman–Crippen MR) is 112 cm³/mol. The fraction of sp³-hybridized carbons (Fsp3) is 0.750. The molecule has 154 valence electrons. The van der Waals surface area contributed by atoms with Gasteiger partial charge < -0.3 is 15.3 Å². The first-order valence-electron chi connectivity index (χ1n) is 11.0. The van der Waals surface area contributed by atoms with Gasteiger partial charge >= 0.3 is 0 Å².